The molecule has 1 aliphatic rings. The quantitative estimate of drug-likeness (QED) is 0.739. The van der Waals surface area contributed by atoms with Crippen molar-refractivity contribution in [3.8, 4) is 5.69 Å². The van der Waals surface area contributed by atoms with E-state index in [4.69, 9.17) is 11.6 Å². The molecule has 1 heterocycles. The Labute approximate surface area is 188 Å². The number of nitrogens with zero attached hydrogens (tertiary/aromatic N) is 1. The lowest BCUT2D eigenvalue weighted by molar-refractivity contribution is -0.114. The number of carbonyl (C=O) groups excluding carboxylic acids is 1. The first-order valence-electron chi connectivity index (χ1n) is 10.7. The Hall–Kier alpha value is -2.59. The second-order valence-corrected chi connectivity index (χ2v) is 10.4. The van der Waals surface area contributed by atoms with E-state index in [9.17, 15) is 9.59 Å². The van der Waals surface area contributed by atoms with Gasteiger partial charge in [0.15, 0.2) is 5.78 Å². The van der Waals surface area contributed by atoms with Crippen LogP contribution in [0.1, 0.15) is 54.9 Å². The summed E-state index contributed by atoms with van der Waals surface area (Å²) in [5.41, 5.74) is 1.88. The lowest BCUT2D eigenvalue weighted by Gasteiger charge is -2.31. The third-order valence-corrected chi connectivity index (χ3v) is 5.73. The Morgan fingerprint density at radius 2 is 1.52 bits per heavy atom. The number of hydrogen-bond acceptors (Lipinski definition) is 2. The van der Waals surface area contributed by atoms with Crippen molar-refractivity contribution in [3.63, 3.8) is 0 Å². The van der Waals surface area contributed by atoms with Crippen molar-refractivity contribution < 1.29 is 4.79 Å². The first-order valence-corrected chi connectivity index (χ1v) is 11.0. The van der Waals surface area contributed by atoms with Gasteiger partial charge in [0.2, 0.25) is 0 Å². The number of hydrogen-bond donors (Lipinski definition) is 1. The molecule has 4 nitrogen and oxygen atoms in total. The van der Waals surface area contributed by atoms with Gasteiger partial charge in [-0.05, 0) is 47.1 Å². The Morgan fingerprint density at radius 3 is 2.00 bits per heavy atom. The van der Waals surface area contributed by atoms with Gasteiger partial charge in [0.05, 0.1) is 21.3 Å². The normalized spacial score (nSPS) is 15.9. The van der Waals surface area contributed by atoms with Crippen molar-refractivity contribution in [2.75, 3.05) is 0 Å². The third kappa shape index (κ3) is 4.40. The maximum Gasteiger partial charge on any atom is 0.279 e. The molecule has 164 valence electrons. The van der Waals surface area contributed by atoms with Crippen LogP contribution >= 0.6 is 11.6 Å². The minimum Gasteiger partial charge on any atom is -0.291 e. The van der Waals surface area contributed by atoms with Crippen molar-refractivity contribution in [1.82, 2.24) is 9.78 Å². The molecule has 0 aliphatic heterocycles. The van der Waals surface area contributed by atoms with Crippen LogP contribution in [0.4, 0.5) is 0 Å². The number of para-hydroxylation sites is 1. The van der Waals surface area contributed by atoms with Crippen LogP contribution in [0.5, 0.6) is 0 Å². The highest BCUT2D eigenvalue weighted by molar-refractivity contribution is 6.32. The van der Waals surface area contributed by atoms with Crippen molar-refractivity contribution >= 4 is 29.0 Å². The van der Waals surface area contributed by atoms with Crippen LogP contribution < -0.4 is 16.1 Å². The van der Waals surface area contributed by atoms with Gasteiger partial charge in [0, 0.05) is 11.1 Å². The van der Waals surface area contributed by atoms with Gasteiger partial charge in [-0.3, -0.25) is 14.7 Å². The number of ketones is 1. The van der Waals surface area contributed by atoms with Crippen LogP contribution in [-0.2, 0) is 4.79 Å². The summed E-state index contributed by atoms with van der Waals surface area (Å²) in [4.78, 5) is 26.9. The van der Waals surface area contributed by atoms with Crippen molar-refractivity contribution in [2.24, 2.45) is 10.8 Å². The summed E-state index contributed by atoms with van der Waals surface area (Å²) in [6.45, 7) is 14.2. The molecule has 1 aliphatic carbocycles. The third-order valence-electron chi connectivity index (χ3n) is 5.41. The van der Waals surface area contributed by atoms with E-state index in [1.807, 2.05) is 84.9 Å². The summed E-state index contributed by atoms with van der Waals surface area (Å²) in [6.07, 6.45) is 6.51. The lowest BCUT2D eigenvalue weighted by atomic mass is 9.72. The molecule has 0 spiro atoms. The Balaban J connectivity index is 2.49. The van der Waals surface area contributed by atoms with E-state index >= 15 is 0 Å². The van der Waals surface area contributed by atoms with E-state index in [2.05, 4.69) is 5.10 Å². The summed E-state index contributed by atoms with van der Waals surface area (Å²) in [5, 5.41) is 4.99. The molecule has 2 aromatic rings. The van der Waals surface area contributed by atoms with Gasteiger partial charge < -0.3 is 0 Å². The van der Waals surface area contributed by atoms with E-state index in [0.717, 1.165) is 17.3 Å². The fourth-order valence-electron chi connectivity index (χ4n) is 3.78. The number of nitrogens with one attached hydrogen (secondary N) is 1. The number of aromatic amines is 1. The van der Waals surface area contributed by atoms with Crippen LogP contribution in [0.2, 0.25) is 5.02 Å². The van der Waals surface area contributed by atoms with Crippen molar-refractivity contribution in [2.45, 2.75) is 54.9 Å². The summed E-state index contributed by atoms with van der Waals surface area (Å²) in [6, 6.07) is 7.24. The molecule has 5 heteroatoms. The monoisotopic (exact) mass is 438 g/mol. The van der Waals surface area contributed by atoms with Gasteiger partial charge in [-0.15, -0.1) is 0 Å². The summed E-state index contributed by atoms with van der Waals surface area (Å²) < 4.78 is 1.48. The van der Waals surface area contributed by atoms with Crippen molar-refractivity contribution in [3.05, 3.63) is 73.5 Å². The minimum absolute atomic E-state index is 0.0479. The van der Waals surface area contributed by atoms with Gasteiger partial charge in [-0.2, -0.15) is 0 Å². The van der Waals surface area contributed by atoms with Gasteiger partial charge in [0.25, 0.3) is 5.56 Å². The molecular formula is C26H31ClN2O2. The first kappa shape index (κ1) is 23.1. The Bertz CT molecular complexity index is 1240. The zero-order valence-corrected chi connectivity index (χ0v) is 20.1. The fourth-order valence-corrected chi connectivity index (χ4v) is 4.00. The molecule has 0 saturated heterocycles. The van der Waals surface area contributed by atoms with E-state index in [0.29, 0.717) is 27.1 Å². The number of benzene rings is 1. The predicted octanol–water partition coefficient (Wildman–Crippen LogP) is 4.69. The van der Waals surface area contributed by atoms with Crippen LogP contribution in [-0.4, -0.2) is 15.6 Å². The number of allylic oxidation sites excluding steroid dienone is 4. The van der Waals surface area contributed by atoms with E-state index < -0.39 is 0 Å². The van der Waals surface area contributed by atoms with Gasteiger partial charge in [-0.1, -0.05) is 78.3 Å². The lowest BCUT2D eigenvalue weighted by Crippen LogP contribution is -2.38. The number of carbonyl (C=O) groups is 1. The zero-order chi connectivity index (χ0) is 23.1. The summed E-state index contributed by atoms with van der Waals surface area (Å²) in [7, 11) is 0. The molecule has 0 fully saturated rings. The van der Waals surface area contributed by atoms with Crippen molar-refractivity contribution in [1.29, 1.82) is 0 Å². The van der Waals surface area contributed by atoms with Gasteiger partial charge >= 0.3 is 0 Å². The average molecular weight is 439 g/mol. The molecule has 0 saturated carbocycles. The van der Waals surface area contributed by atoms with Crippen LogP contribution in [0.25, 0.3) is 17.3 Å². The van der Waals surface area contributed by atoms with E-state index in [1.54, 1.807) is 6.07 Å². The number of H-pyrrole nitrogens is 1. The zero-order valence-electron chi connectivity index (χ0n) is 19.4. The molecule has 1 N–H and O–H groups in total. The molecule has 0 amide bonds. The SMILES string of the molecule is CCC=c1[nH]n(-c2ccccc2Cl)c(=O)c1=C1C=C(C(C)(C)C)C(=O)C(C(C)(C)C)=C1. The van der Waals surface area contributed by atoms with E-state index in [-0.39, 0.29) is 22.2 Å². The first-order chi connectivity index (χ1) is 14.4. The highest BCUT2D eigenvalue weighted by atomic mass is 35.5. The standard InChI is InChI=1S/C26H31ClN2O2/c1-8-11-20-22(24(31)29(28-20)21-13-10-9-12-19(21)27)16-14-17(25(2,3)4)23(30)18(15-16)26(5,6)7/h9-15,28H,8H2,1-7H3. The Morgan fingerprint density at radius 1 is 0.968 bits per heavy atom. The summed E-state index contributed by atoms with van der Waals surface area (Å²) >= 11 is 6.38. The van der Waals surface area contributed by atoms with Gasteiger partial charge in [-0.25, -0.2) is 4.68 Å². The molecule has 31 heavy (non-hydrogen) atoms. The van der Waals surface area contributed by atoms with Crippen LogP contribution in [0, 0.1) is 10.8 Å². The predicted molar refractivity (Wildman–Crippen MR) is 129 cm³/mol. The molecule has 1 aromatic carbocycles. The number of aromatic nitrogens is 2. The minimum atomic E-state index is -0.347. The molecule has 0 bridgehead atoms. The maximum absolute atomic E-state index is 13.6. The van der Waals surface area contributed by atoms with Crippen LogP contribution in [0.3, 0.4) is 0 Å². The second-order valence-electron chi connectivity index (χ2n) is 10.0. The largest absolute Gasteiger partial charge is 0.291 e. The molecular weight excluding hydrogens is 408 g/mol. The number of halogens is 1. The second kappa shape index (κ2) is 8.16. The molecule has 0 unspecified atom stereocenters. The van der Waals surface area contributed by atoms with Crippen LogP contribution in [0.15, 0.2) is 52.4 Å². The number of Topliss-reactive ketones (excluding diaryl/α,β-unsaturated/α-hetero) is 1. The summed E-state index contributed by atoms with van der Waals surface area (Å²) in [5.74, 6) is 0.0479. The highest BCUT2D eigenvalue weighted by Gasteiger charge is 2.34. The van der Waals surface area contributed by atoms with E-state index in [1.165, 1.54) is 4.68 Å². The highest BCUT2D eigenvalue weighted by Crippen LogP contribution is 2.38. The fraction of sp³-hybridized carbons (Fsp3) is 0.385. The molecule has 0 atom stereocenters. The topological polar surface area (TPSA) is 54.9 Å². The maximum atomic E-state index is 13.6. The Kier molecular flexibility index (Phi) is 6.07. The average Bonchev–Trinajstić information content (AvgIpc) is 2.97. The number of rotatable bonds is 2. The smallest absolute Gasteiger partial charge is 0.279 e. The van der Waals surface area contributed by atoms with Gasteiger partial charge in [0.1, 0.15) is 0 Å². The molecule has 1 aromatic heterocycles. The molecule has 3 rings (SSSR count). The molecule has 0 radical (unpaired) electrons.